The normalized spacial score (nSPS) is 10.9. The molecule has 3 aromatic heterocycles. The molecule has 0 saturated heterocycles. The fourth-order valence-corrected chi connectivity index (χ4v) is 1.68. The van der Waals surface area contributed by atoms with Gasteiger partial charge in [0, 0.05) is 18.8 Å². The van der Waals surface area contributed by atoms with Crippen molar-refractivity contribution in [3.63, 3.8) is 0 Å². The molecule has 0 aliphatic heterocycles. The number of aromatic nitrogens is 6. The maximum atomic E-state index is 11.5. The van der Waals surface area contributed by atoms with Gasteiger partial charge in [-0.3, -0.25) is 14.8 Å². The van der Waals surface area contributed by atoms with E-state index in [1.54, 1.807) is 12.4 Å². The summed E-state index contributed by atoms with van der Waals surface area (Å²) in [6.45, 7) is 0. The number of rotatable bonds is 2. The Kier molecular flexibility index (Phi) is 2.26. The van der Waals surface area contributed by atoms with Gasteiger partial charge < -0.3 is 4.98 Å². The van der Waals surface area contributed by atoms with E-state index in [9.17, 15) is 9.59 Å². The maximum Gasteiger partial charge on any atom is 0.327 e. The first kappa shape index (κ1) is 10.4. The van der Waals surface area contributed by atoms with Gasteiger partial charge in [-0.2, -0.15) is 0 Å². The second-order valence-electron chi connectivity index (χ2n) is 3.74. The zero-order valence-electron chi connectivity index (χ0n) is 9.10. The van der Waals surface area contributed by atoms with Crippen molar-refractivity contribution in [1.82, 2.24) is 29.9 Å². The molecule has 0 fully saturated rings. The number of H-pyrrole nitrogens is 3. The van der Waals surface area contributed by atoms with Crippen LogP contribution in [0.4, 0.5) is 0 Å². The lowest BCUT2D eigenvalue weighted by atomic mass is 10.2. The van der Waals surface area contributed by atoms with Crippen molar-refractivity contribution in [1.29, 1.82) is 0 Å². The highest BCUT2D eigenvalue weighted by atomic mass is 16.2. The van der Waals surface area contributed by atoms with E-state index in [1.165, 1.54) is 6.33 Å². The molecule has 3 heterocycles. The first-order valence-corrected chi connectivity index (χ1v) is 5.17. The Morgan fingerprint density at radius 1 is 1.06 bits per heavy atom. The van der Waals surface area contributed by atoms with Crippen molar-refractivity contribution in [3.8, 4) is 0 Å². The number of nitrogens with one attached hydrogen (secondary N) is 3. The summed E-state index contributed by atoms with van der Waals surface area (Å²) in [7, 11) is 0. The summed E-state index contributed by atoms with van der Waals surface area (Å²) in [5.74, 6) is 0.562. The van der Waals surface area contributed by atoms with Crippen LogP contribution < -0.4 is 11.2 Å². The summed E-state index contributed by atoms with van der Waals surface area (Å²) < 4.78 is 0. The molecule has 0 amide bonds. The van der Waals surface area contributed by atoms with Crippen LogP contribution in [0.5, 0.6) is 0 Å². The minimum Gasteiger partial charge on any atom is -0.336 e. The first-order valence-electron chi connectivity index (χ1n) is 5.17. The molecule has 0 unspecified atom stereocenters. The van der Waals surface area contributed by atoms with Crippen molar-refractivity contribution in [2.75, 3.05) is 0 Å². The van der Waals surface area contributed by atoms with Crippen molar-refractivity contribution >= 4 is 11.2 Å². The molecule has 0 aliphatic rings. The minimum atomic E-state index is -0.575. The summed E-state index contributed by atoms with van der Waals surface area (Å²) in [5, 5.41) is 0. The van der Waals surface area contributed by atoms with E-state index in [0.29, 0.717) is 12.2 Å². The van der Waals surface area contributed by atoms with Crippen LogP contribution in [0.3, 0.4) is 0 Å². The first-order chi connectivity index (χ1) is 8.72. The van der Waals surface area contributed by atoms with Crippen LogP contribution in [-0.4, -0.2) is 29.9 Å². The molecule has 18 heavy (non-hydrogen) atoms. The van der Waals surface area contributed by atoms with Gasteiger partial charge in [-0.15, -0.1) is 0 Å². The van der Waals surface area contributed by atoms with Gasteiger partial charge in [-0.1, -0.05) is 0 Å². The van der Waals surface area contributed by atoms with E-state index in [-0.39, 0.29) is 11.2 Å². The Hall–Kier alpha value is -2.77. The highest BCUT2D eigenvalue weighted by molar-refractivity contribution is 5.68. The molecule has 0 aliphatic carbocycles. The average molecular weight is 244 g/mol. The smallest absolute Gasteiger partial charge is 0.327 e. The topological polar surface area (TPSA) is 120 Å². The molecular weight excluding hydrogens is 236 g/mol. The molecule has 8 nitrogen and oxygen atoms in total. The standard InChI is InChI=1S/C10H8N6O2/c17-9-7-8(15-10(18)16-9)14-6(13-7)1-5-2-11-4-12-3-5/h2-4H,1H2,(H3,13,14,15,16,17,18). The summed E-state index contributed by atoms with van der Waals surface area (Å²) in [5.41, 5.74) is 0.290. The molecule has 8 heteroatoms. The largest absolute Gasteiger partial charge is 0.336 e. The highest BCUT2D eigenvalue weighted by Gasteiger charge is 2.08. The van der Waals surface area contributed by atoms with Crippen molar-refractivity contribution in [3.05, 3.63) is 50.9 Å². The third-order valence-electron chi connectivity index (χ3n) is 2.42. The second-order valence-corrected chi connectivity index (χ2v) is 3.74. The molecule has 0 bridgehead atoms. The van der Waals surface area contributed by atoms with Crippen LogP contribution in [0.1, 0.15) is 11.4 Å². The van der Waals surface area contributed by atoms with E-state index in [0.717, 1.165) is 5.56 Å². The van der Waals surface area contributed by atoms with Crippen LogP contribution in [-0.2, 0) is 6.42 Å². The Bertz CT molecular complexity index is 800. The Balaban J connectivity index is 2.07. The fraction of sp³-hybridized carbons (Fsp3) is 0.100. The van der Waals surface area contributed by atoms with Crippen LogP contribution in [0, 0.1) is 0 Å². The van der Waals surface area contributed by atoms with Gasteiger partial charge in [-0.05, 0) is 5.56 Å². The van der Waals surface area contributed by atoms with Gasteiger partial charge in [0.2, 0.25) is 0 Å². The monoisotopic (exact) mass is 244 g/mol. The van der Waals surface area contributed by atoms with E-state index in [1.807, 2.05) is 0 Å². The molecule has 0 spiro atoms. The lowest BCUT2D eigenvalue weighted by Gasteiger charge is -1.94. The molecule has 3 N–H and O–H groups in total. The number of hydrogen-bond donors (Lipinski definition) is 3. The Labute approximate surface area is 99.2 Å². The number of nitrogens with zero attached hydrogens (tertiary/aromatic N) is 3. The summed E-state index contributed by atoms with van der Waals surface area (Å²) in [6, 6.07) is 0. The van der Waals surface area contributed by atoms with Crippen LogP contribution >= 0.6 is 0 Å². The third kappa shape index (κ3) is 1.79. The SMILES string of the molecule is O=c1[nH]c(=O)c2[nH]c(Cc3cncnc3)nc2[nH]1. The molecule has 0 radical (unpaired) electrons. The van der Waals surface area contributed by atoms with Gasteiger partial charge in [0.1, 0.15) is 17.7 Å². The molecular formula is C10H8N6O2. The zero-order valence-corrected chi connectivity index (χ0v) is 9.10. The summed E-state index contributed by atoms with van der Waals surface area (Å²) in [4.78, 5) is 41.9. The predicted molar refractivity (Wildman–Crippen MR) is 62.2 cm³/mol. The molecule has 0 aromatic carbocycles. The van der Waals surface area contributed by atoms with Gasteiger partial charge in [-0.25, -0.2) is 19.7 Å². The molecule has 3 aromatic rings. The van der Waals surface area contributed by atoms with Crippen LogP contribution in [0.25, 0.3) is 11.2 Å². The maximum absolute atomic E-state index is 11.5. The number of fused-ring (bicyclic) bond motifs is 1. The van der Waals surface area contributed by atoms with Gasteiger partial charge in [0.05, 0.1) is 0 Å². The summed E-state index contributed by atoms with van der Waals surface area (Å²) >= 11 is 0. The second kappa shape index (κ2) is 3.91. The predicted octanol–water partition coefficient (Wildman–Crippen LogP) is -0.680. The number of aromatic amines is 3. The van der Waals surface area contributed by atoms with Crippen molar-refractivity contribution in [2.24, 2.45) is 0 Å². The zero-order chi connectivity index (χ0) is 12.5. The van der Waals surface area contributed by atoms with Gasteiger partial charge in [0.25, 0.3) is 5.56 Å². The van der Waals surface area contributed by atoms with E-state index in [4.69, 9.17) is 0 Å². The fourth-order valence-electron chi connectivity index (χ4n) is 1.68. The third-order valence-corrected chi connectivity index (χ3v) is 2.42. The molecule has 90 valence electrons. The van der Waals surface area contributed by atoms with E-state index < -0.39 is 11.2 Å². The molecule has 0 saturated carbocycles. The lowest BCUT2D eigenvalue weighted by molar-refractivity contribution is 0.996. The average Bonchev–Trinajstić information content (AvgIpc) is 2.73. The van der Waals surface area contributed by atoms with Crippen LogP contribution in [0.2, 0.25) is 0 Å². The molecule has 0 atom stereocenters. The van der Waals surface area contributed by atoms with Crippen LogP contribution in [0.15, 0.2) is 28.3 Å². The van der Waals surface area contributed by atoms with Gasteiger partial charge >= 0.3 is 5.69 Å². The summed E-state index contributed by atoms with van der Waals surface area (Å²) in [6.07, 6.45) is 5.21. The minimum absolute atomic E-state index is 0.246. The number of hydrogen-bond acceptors (Lipinski definition) is 5. The number of imidazole rings is 1. The lowest BCUT2D eigenvalue weighted by Crippen LogP contribution is -2.21. The van der Waals surface area contributed by atoms with E-state index in [2.05, 4.69) is 29.9 Å². The van der Waals surface area contributed by atoms with Crippen molar-refractivity contribution < 1.29 is 0 Å². The van der Waals surface area contributed by atoms with Gasteiger partial charge in [0.15, 0.2) is 5.65 Å². The van der Waals surface area contributed by atoms with Crippen molar-refractivity contribution in [2.45, 2.75) is 6.42 Å². The van der Waals surface area contributed by atoms with E-state index >= 15 is 0 Å². The highest BCUT2D eigenvalue weighted by Crippen LogP contribution is 2.06. The quantitative estimate of drug-likeness (QED) is 0.551. The Morgan fingerprint density at radius 2 is 1.83 bits per heavy atom. The Morgan fingerprint density at radius 3 is 2.61 bits per heavy atom. The molecule has 3 rings (SSSR count).